The van der Waals surface area contributed by atoms with Gasteiger partial charge < -0.3 is 15.2 Å². The van der Waals surface area contributed by atoms with Crippen LogP contribution in [-0.4, -0.2) is 28.4 Å². The van der Waals surface area contributed by atoms with Gasteiger partial charge in [-0.05, 0) is 12.1 Å². The molecule has 1 aromatic carbocycles. The molecule has 0 amide bonds. The number of rotatable bonds is 4. The monoisotopic (exact) mass is 261 g/mol. The lowest BCUT2D eigenvalue weighted by molar-refractivity contribution is 0.0694. The highest BCUT2D eigenvalue weighted by Crippen LogP contribution is 2.19. The van der Waals surface area contributed by atoms with Crippen LogP contribution in [0.25, 0.3) is 0 Å². The fraction of sp³-hybridized carbons (Fsp3) is 0.0833. The molecule has 98 valence electrons. The van der Waals surface area contributed by atoms with E-state index in [1.165, 1.54) is 6.07 Å². The number of hydrogen-bond acceptors (Lipinski definition) is 5. The van der Waals surface area contributed by atoms with Gasteiger partial charge in [-0.15, -0.1) is 0 Å². The number of aromatic amines is 1. The highest BCUT2D eigenvalue weighted by Gasteiger charge is 2.10. The van der Waals surface area contributed by atoms with Gasteiger partial charge in [0.25, 0.3) is 5.56 Å². The van der Waals surface area contributed by atoms with Crippen LogP contribution in [0.15, 0.2) is 35.1 Å². The third-order valence-electron chi connectivity index (χ3n) is 2.38. The average molecular weight is 261 g/mol. The second-order valence-electron chi connectivity index (χ2n) is 3.66. The Kier molecular flexibility index (Phi) is 3.46. The first-order valence-corrected chi connectivity index (χ1v) is 5.34. The Bertz CT molecular complexity index is 666. The van der Waals surface area contributed by atoms with Crippen molar-refractivity contribution in [1.82, 2.24) is 10.2 Å². The fourth-order valence-corrected chi connectivity index (χ4v) is 1.48. The lowest BCUT2D eigenvalue weighted by atomic mass is 10.2. The SMILES string of the molecule is COc1cccc(Nc2cc(C(=O)O)c(=O)[nH]n2)c1. The number of carboxylic acids is 1. The second-order valence-corrected chi connectivity index (χ2v) is 3.66. The zero-order valence-electron chi connectivity index (χ0n) is 10.0. The molecule has 0 aliphatic rings. The third kappa shape index (κ3) is 2.89. The zero-order chi connectivity index (χ0) is 13.8. The molecule has 0 radical (unpaired) electrons. The molecule has 0 unspecified atom stereocenters. The molecule has 0 bridgehead atoms. The van der Waals surface area contributed by atoms with E-state index in [1.807, 2.05) is 0 Å². The number of H-pyrrole nitrogens is 1. The predicted molar refractivity (Wildman–Crippen MR) is 68.1 cm³/mol. The Labute approximate surface area is 107 Å². The molecule has 0 spiro atoms. The number of methoxy groups -OCH3 is 1. The van der Waals surface area contributed by atoms with Gasteiger partial charge in [0.1, 0.15) is 11.3 Å². The van der Waals surface area contributed by atoms with Crippen LogP contribution in [0.1, 0.15) is 10.4 Å². The van der Waals surface area contributed by atoms with Gasteiger partial charge in [0.05, 0.1) is 7.11 Å². The van der Waals surface area contributed by atoms with Crippen LogP contribution < -0.4 is 15.6 Å². The molecule has 0 saturated heterocycles. The molecule has 1 heterocycles. The van der Waals surface area contributed by atoms with Crippen LogP contribution in [0.4, 0.5) is 11.5 Å². The standard InChI is InChI=1S/C12H11N3O4/c1-19-8-4-2-3-7(5-8)13-10-6-9(12(17)18)11(16)15-14-10/h2-6H,1H3,(H,13,14)(H,15,16)(H,17,18). The van der Waals surface area contributed by atoms with Crippen LogP contribution in [0.3, 0.4) is 0 Å². The minimum atomic E-state index is -1.31. The molecule has 7 nitrogen and oxygen atoms in total. The Hall–Kier alpha value is -2.83. The lowest BCUT2D eigenvalue weighted by Gasteiger charge is -2.07. The van der Waals surface area contributed by atoms with Crippen molar-refractivity contribution in [3.05, 3.63) is 46.2 Å². The van der Waals surface area contributed by atoms with Crippen molar-refractivity contribution in [3.8, 4) is 5.75 Å². The highest BCUT2D eigenvalue weighted by atomic mass is 16.5. The Morgan fingerprint density at radius 3 is 2.89 bits per heavy atom. The van der Waals surface area contributed by atoms with Crippen LogP contribution in [0, 0.1) is 0 Å². The summed E-state index contributed by atoms with van der Waals surface area (Å²) < 4.78 is 5.06. The van der Waals surface area contributed by atoms with Gasteiger partial charge in [0, 0.05) is 17.8 Å². The summed E-state index contributed by atoms with van der Waals surface area (Å²) in [6.45, 7) is 0. The summed E-state index contributed by atoms with van der Waals surface area (Å²) in [5, 5.41) is 17.6. The van der Waals surface area contributed by atoms with Crippen molar-refractivity contribution >= 4 is 17.5 Å². The molecule has 1 aromatic heterocycles. The number of carboxylic acid groups (broad SMARTS) is 1. The molecule has 2 aromatic rings. The van der Waals surface area contributed by atoms with E-state index in [4.69, 9.17) is 9.84 Å². The molecule has 7 heteroatoms. The molecule has 0 saturated carbocycles. The van der Waals surface area contributed by atoms with Crippen molar-refractivity contribution in [2.24, 2.45) is 0 Å². The molecule has 2 rings (SSSR count). The molecular formula is C12H11N3O4. The number of ether oxygens (including phenoxy) is 1. The van der Waals surface area contributed by atoms with E-state index in [-0.39, 0.29) is 11.4 Å². The Balaban J connectivity index is 2.30. The summed E-state index contributed by atoms with van der Waals surface area (Å²) >= 11 is 0. The quantitative estimate of drug-likeness (QED) is 0.764. The first kappa shape index (κ1) is 12.6. The lowest BCUT2D eigenvalue weighted by Crippen LogP contribution is -2.19. The predicted octanol–water partition coefficient (Wildman–Crippen LogP) is 1.22. The maximum Gasteiger partial charge on any atom is 0.341 e. The normalized spacial score (nSPS) is 9.95. The molecular weight excluding hydrogens is 250 g/mol. The average Bonchev–Trinajstić information content (AvgIpc) is 2.41. The van der Waals surface area contributed by atoms with Gasteiger partial charge in [0.2, 0.25) is 0 Å². The molecule has 0 fully saturated rings. The Morgan fingerprint density at radius 2 is 2.21 bits per heavy atom. The van der Waals surface area contributed by atoms with E-state index in [9.17, 15) is 9.59 Å². The van der Waals surface area contributed by atoms with E-state index in [2.05, 4.69) is 15.5 Å². The van der Waals surface area contributed by atoms with E-state index in [0.29, 0.717) is 11.4 Å². The number of nitrogens with one attached hydrogen (secondary N) is 2. The number of carbonyl (C=O) groups is 1. The van der Waals surface area contributed by atoms with Gasteiger partial charge in [-0.1, -0.05) is 6.07 Å². The van der Waals surface area contributed by atoms with Gasteiger partial charge in [-0.2, -0.15) is 5.10 Å². The van der Waals surface area contributed by atoms with E-state index in [1.54, 1.807) is 31.4 Å². The molecule has 0 aliphatic heterocycles. The summed E-state index contributed by atoms with van der Waals surface area (Å²) in [7, 11) is 1.54. The topological polar surface area (TPSA) is 104 Å². The van der Waals surface area contributed by atoms with Gasteiger partial charge >= 0.3 is 5.97 Å². The fourth-order valence-electron chi connectivity index (χ4n) is 1.48. The van der Waals surface area contributed by atoms with Crippen LogP contribution >= 0.6 is 0 Å². The first-order valence-electron chi connectivity index (χ1n) is 5.34. The minimum absolute atomic E-state index is 0.227. The van der Waals surface area contributed by atoms with Crippen molar-refractivity contribution in [2.45, 2.75) is 0 Å². The number of benzene rings is 1. The zero-order valence-corrected chi connectivity index (χ0v) is 10.0. The summed E-state index contributed by atoms with van der Waals surface area (Å²) in [5.74, 6) is -0.435. The molecule has 0 atom stereocenters. The summed E-state index contributed by atoms with van der Waals surface area (Å²) in [6, 6.07) is 8.18. The van der Waals surface area contributed by atoms with E-state index >= 15 is 0 Å². The number of hydrogen-bond donors (Lipinski definition) is 3. The maximum atomic E-state index is 11.2. The van der Waals surface area contributed by atoms with Crippen LogP contribution in [-0.2, 0) is 0 Å². The van der Waals surface area contributed by atoms with Gasteiger partial charge in [-0.3, -0.25) is 4.79 Å². The summed E-state index contributed by atoms with van der Waals surface area (Å²) in [4.78, 5) is 22.1. The van der Waals surface area contributed by atoms with Crippen LogP contribution in [0.5, 0.6) is 5.75 Å². The smallest absolute Gasteiger partial charge is 0.341 e. The number of nitrogens with zero attached hydrogens (tertiary/aromatic N) is 1. The van der Waals surface area contributed by atoms with Gasteiger partial charge in [-0.25, -0.2) is 9.89 Å². The number of aromatic carboxylic acids is 1. The van der Waals surface area contributed by atoms with Gasteiger partial charge in [0.15, 0.2) is 5.82 Å². The van der Waals surface area contributed by atoms with Crippen molar-refractivity contribution in [2.75, 3.05) is 12.4 Å². The van der Waals surface area contributed by atoms with E-state index < -0.39 is 11.5 Å². The molecule has 3 N–H and O–H groups in total. The summed E-state index contributed by atoms with van der Waals surface area (Å²) in [6.07, 6.45) is 0. The molecule has 0 aliphatic carbocycles. The van der Waals surface area contributed by atoms with Crippen molar-refractivity contribution < 1.29 is 14.6 Å². The number of anilines is 2. The number of aromatic nitrogens is 2. The Morgan fingerprint density at radius 1 is 1.42 bits per heavy atom. The first-order chi connectivity index (χ1) is 9.10. The highest BCUT2D eigenvalue weighted by molar-refractivity contribution is 5.88. The van der Waals surface area contributed by atoms with Crippen molar-refractivity contribution in [1.29, 1.82) is 0 Å². The largest absolute Gasteiger partial charge is 0.497 e. The summed E-state index contributed by atoms with van der Waals surface area (Å²) in [5.41, 5.74) is -0.459. The minimum Gasteiger partial charge on any atom is -0.497 e. The van der Waals surface area contributed by atoms with Crippen LogP contribution in [0.2, 0.25) is 0 Å². The third-order valence-corrected chi connectivity index (χ3v) is 2.38. The van der Waals surface area contributed by atoms with E-state index in [0.717, 1.165) is 0 Å². The molecule has 19 heavy (non-hydrogen) atoms. The maximum absolute atomic E-state index is 11.2. The van der Waals surface area contributed by atoms with Crippen molar-refractivity contribution in [3.63, 3.8) is 0 Å². The second kappa shape index (κ2) is 5.21.